The van der Waals surface area contributed by atoms with Gasteiger partial charge in [-0.1, -0.05) is 39.8 Å². The second-order valence-electron chi connectivity index (χ2n) is 6.69. The molecule has 0 heterocycles. The lowest BCUT2D eigenvalue weighted by Crippen LogP contribution is -2.44. The summed E-state index contributed by atoms with van der Waals surface area (Å²) in [7, 11) is 0. The molecule has 0 saturated heterocycles. The van der Waals surface area contributed by atoms with Crippen molar-refractivity contribution in [3.8, 4) is 0 Å². The van der Waals surface area contributed by atoms with Crippen molar-refractivity contribution in [1.82, 2.24) is 0 Å². The lowest BCUT2D eigenvalue weighted by Gasteiger charge is -2.46. The number of fused-ring (bicyclic) bond motifs is 1. The molecule has 0 aliphatic heterocycles. The van der Waals surface area contributed by atoms with Crippen molar-refractivity contribution in [3.05, 3.63) is 12.2 Å². The van der Waals surface area contributed by atoms with E-state index >= 15 is 0 Å². The molecule has 16 heavy (non-hydrogen) atoms. The number of ketones is 1. The van der Waals surface area contributed by atoms with Crippen molar-refractivity contribution in [2.75, 3.05) is 0 Å². The van der Waals surface area contributed by atoms with Gasteiger partial charge in [-0.3, -0.25) is 4.79 Å². The van der Waals surface area contributed by atoms with Gasteiger partial charge >= 0.3 is 0 Å². The van der Waals surface area contributed by atoms with Crippen LogP contribution in [0.25, 0.3) is 0 Å². The van der Waals surface area contributed by atoms with Gasteiger partial charge in [0.25, 0.3) is 0 Å². The molecule has 4 atom stereocenters. The van der Waals surface area contributed by atoms with Crippen molar-refractivity contribution < 1.29 is 4.79 Å². The standard InChI is InChI=1S/C15H24O/c1-10-6-5-7-11-12(15(2,3)4)8-9-13(16)14(10)11/h5-6,10-12,14H,7-9H2,1-4H3/t10-,11-,12+,14-/m1/s1. The number of allylic oxidation sites excluding steroid dienone is 2. The van der Waals surface area contributed by atoms with E-state index in [-0.39, 0.29) is 0 Å². The summed E-state index contributed by atoms with van der Waals surface area (Å²) in [6, 6.07) is 0. The maximum absolute atomic E-state index is 12.1. The quantitative estimate of drug-likeness (QED) is 0.567. The molecule has 90 valence electrons. The molecule has 1 fully saturated rings. The molecule has 0 unspecified atom stereocenters. The fourth-order valence-electron chi connectivity index (χ4n) is 3.81. The van der Waals surface area contributed by atoms with Gasteiger partial charge in [0.05, 0.1) is 0 Å². The molecule has 2 aliphatic rings. The Labute approximate surface area is 99.3 Å². The second-order valence-corrected chi connectivity index (χ2v) is 6.69. The average Bonchev–Trinajstić information content (AvgIpc) is 2.16. The number of hydrogen-bond acceptors (Lipinski definition) is 1. The zero-order valence-electron chi connectivity index (χ0n) is 11.0. The van der Waals surface area contributed by atoms with Crippen LogP contribution in [0.2, 0.25) is 0 Å². The molecule has 0 amide bonds. The van der Waals surface area contributed by atoms with Crippen molar-refractivity contribution in [2.24, 2.45) is 29.1 Å². The van der Waals surface area contributed by atoms with Crippen LogP contribution in [0, 0.1) is 29.1 Å². The van der Waals surface area contributed by atoms with E-state index in [4.69, 9.17) is 0 Å². The molecule has 1 heteroatoms. The Hall–Kier alpha value is -0.590. The first-order valence-corrected chi connectivity index (χ1v) is 6.60. The van der Waals surface area contributed by atoms with E-state index in [9.17, 15) is 4.79 Å². The third-order valence-electron chi connectivity index (χ3n) is 4.58. The molecule has 1 nitrogen and oxygen atoms in total. The molecule has 1 saturated carbocycles. The van der Waals surface area contributed by atoms with Crippen LogP contribution in [0.5, 0.6) is 0 Å². The summed E-state index contributed by atoms with van der Waals surface area (Å²) in [6.45, 7) is 9.19. The largest absolute Gasteiger partial charge is 0.299 e. The third kappa shape index (κ3) is 1.97. The highest BCUT2D eigenvalue weighted by Crippen LogP contribution is 2.48. The minimum atomic E-state index is 0.308. The van der Waals surface area contributed by atoms with Gasteiger partial charge in [-0.25, -0.2) is 0 Å². The van der Waals surface area contributed by atoms with E-state index in [1.165, 1.54) is 0 Å². The van der Waals surface area contributed by atoms with Crippen LogP contribution >= 0.6 is 0 Å². The minimum Gasteiger partial charge on any atom is -0.299 e. The lowest BCUT2D eigenvalue weighted by molar-refractivity contribution is -0.132. The summed E-state index contributed by atoms with van der Waals surface area (Å²) in [4.78, 5) is 12.1. The monoisotopic (exact) mass is 220 g/mol. The van der Waals surface area contributed by atoms with Gasteiger partial charge < -0.3 is 0 Å². The van der Waals surface area contributed by atoms with E-state index in [1.54, 1.807) is 0 Å². The first kappa shape index (κ1) is 11.9. The van der Waals surface area contributed by atoms with Crippen molar-refractivity contribution in [2.45, 2.75) is 47.0 Å². The summed E-state index contributed by atoms with van der Waals surface area (Å²) in [6.07, 6.45) is 7.56. The van der Waals surface area contributed by atoms with Gasteiger partial charge in [-0.15, -0.1) is 0 Å². The molecular weight excluding hydrogens is 196 g/mol. The maximum Gasteiger partial charge on any atom is 0.136 e. The first-order chi connectivity index (χ1) is 7.41. The molecule has 2 aliphatic carbocycles. The highest BCUT2D eigenvalue weighted by atomic mass is 16.1. The fourth-order valence-corrected chi connectivity index (χ4v) is 3.81. The number of carbonyl (C=O) groups excluding carboxylic acids is 1. The average molecular weight is 220 g/mol. The predicted octanol–water partition coefficient (Wildman–Crippen LogP) is 3.84. The van der Waals surface area contributed by atoms with Crippen molar-refractivity contribution in [3.63, 3.8) is 0 Å². The Morgan fingerprint density at radius 1 is 1.31 bits per heavy atom. The highest BCUT2D eigenvalue weighted by molar-refractivity contribution is 5.83. The van der Waals surface area contributed by atoms with Gasteiger partial charge in [0.15, 0.2) is 0 Å². The van der Waals surface area contributed by atoms with Crippen LogP contribution in [0.1, 0.15) is 47.0 Å². The number of rotatable bonds is 0. The van der Waals surface area contributed by atoms with Gasteiger partial charge in [0.1, 0.15) is 5.78 Å². The molecule has 2 rings (SSSR count). The van der Waals surface area contributed by atoms with E-state index in [0.717, 1.165) is 19.3 Å². The maximum atomic E-state index is 12.1. The molecular formula is C15H24O. The molecule has 0 N–H and O–H groups in total. The molecule has 0 spiro atoms. The first-order valence-electron chi connectivity index (χ1n) is 6.60. The lowest BCUT2D eigenvalue weighted by atomic mass is 9.57. The normalized spacial score (nSPS) is 39.6. The van der Waals surface area contributed by atoms with Gasteiger partial charge in [0.2, 0.25) is 0 Å². The Morgan fingerprint density at radius 3 is 2.62 bits per heavy atom. The highest BCUT2D eigenvalue weighted by Gasteiger charge is 2.45. The summed E-state index contributed by atoms with van der Waals surface area (Å²) in [5.41, 5.74) is 0.342. The smallest absolute Gasteiger partial charge is 0.136 e. The van der Waals surface area contributed by atoms with Crippen LogP contribution in [-0.2, 0) is 4.79 Å². The Kier molecular flexibility index (Phi) is 2.98. The van der Waals surface area contributed by atoms with Crippen molar-refractivity contribution in [1.29, 1.82) is 0 Å². The minimum absolute atomic E-state index is 0.308. The number of hydrogen-bond donors (Lipinski definition) is 0. The Bertz CT molecular complexity index is 308. The second kappa shape index (κ2) is 4.01. The predicted molar refractivity (Wildman–Crippen MR) is 67.1 cm³/mol. The molecule has 0 bridgehead atoms. The summed E-state index contributed by atoms with van der Waals surface area (Å²) < 4.78 is 0. The van der Waals surface area contributed by atoms with Crippen LogP contribution in [-0.4, -0.2) is 5.78 Å². The molecule has 0 aromatic rings. The molecule has 0 aromatic carbocycles. The third-order valence-corrected chi connectivity index (χ3v) is 4.58. The number of carbonyl (C=O) groups is 1. The van der Waals surface area contributed by atoms with Crippen LogP contribution in [0.4, 0.5) is 0 Å². The zero-order valence-corrected chi connectivity index (χ0v) is 11.0. The van der Waals surface area contributed by atoms with Crippen molar-refractivity contribution >= 4 is 5.78 Å². The van der Waals surface area contributed by atoms with Gasteiger partial charge in [-0.2, -0.15) is 0 Å². The van der Waals surface area contributed by atoms with Gasteiger partial charge in [0, 0.05) is 12.3 Å². The molecule has 0 radical (unpaired) electrons. The Morgan fingerprint density at radius 2 is 2.00 bits per heavy atom. The van der Waals surface area contributed by atoms with Crippen LogP contribution < -0.4 is 0 Å². The van der Waals surface area contributed by atoms with E-state index in [1.807, 2.05) is 0 Å². The Balaban J connectivity index is 2.28. The van der Waals surface area contributed by atoms with Crippen LogP contribution in [0.15, 0.2) is 12.2 Å². The van der Waals surface area contributed by atoms with E-state index < -0.39 is 0 Å². The number of Topliss-reactive ketones (excluding diaryl/α,β-unsaturated/α-hetero) is 1. The molecule has 0 aromatic heterocycles. The van der Waals surface area contributed by atoms with E-state index in [0.29, 0.717) is 34.9 Å². The van der Waals surface area contributed by atoms with Gasteiger partial charge in [-0.05, 0) is 36.0 Å². The zero-order chi connectivity index (χ0) is 11.9. The summed E-state index contributed by atoms with van der Waals surface area (Å²) in [5, 5.41) is 0. The van der Waals surface area contributed by atoms with E-state index in [2.05, 4.69) is 39.8 Å². The summed E-state index contributed by atoms with van der Waals surface area (Å²) >= 11 is 0. The topological polar surface area (TPSA) is 17.1 Å². The summed E-state index contributed by atoms with van der Waals surface area (Å²) in [5.74, 6) is 2.59. The SMILES string of the molecule is C[C@@H]1C=CC[C@H]2[C@@H]1C(=O)CC[C@@H]2C(C)(C)C. The van der Waals surface area contributed by atoms with Crippen LogP contribution in [0.3, 0.4) is 0 Å². The fraction of sp³-hybridized carbons (Fsp3) is 0.800.